The molecule has 0 fully saturated rings. The fraction of sp³-hybridized carbons (Fsp3) is 0.312. The van der Waals surface area contributed by atoms with E-state index < -0.39 is 0 Å². The fourth-order valence-electron chi connectivity index (χ4n) is 2.71. The summed E-state index contributed by atoms with van der Waals surface area (Å²) in [4.78, 5) is 6.88. The molecule has 19 heavy (non-hydrogen) atoms. The zero-order chi connectivity index (χ0) is 13.2. The largest absolute Gasteiger partial charge is 0.352 e. The van der Waals surface area contributed by atoms with Crippen LogP contribution in [0.25, 0.3) is 0 Å². The lowest BCUT2D eigenvalue weighted by Gasteiger charge is -2.31. The lowest BCUT2D eigenvalue weighted by Crippen LogP contribution is -2.32. The van der Waals surface area contributed by atoms with Crippen LogP contribution in [0.2, 0.25) is 0 Å². The molecule has 1 aliphatic rings. The molecule has 0 amide bonds. The molecule has 0 spiro atoms. The first-order valence-electron chi connectivity index (χ1n) is 6.78. The van der Waals surface area contributed by atoms with Gasteiger partial charge in [0.05, 0.1) is 0 Å². The molecule has 1 atom stereocenters. The van der Waals surface area contributed by atoms with Gasteiger partial charge in [0.25, 0.3) is 0 Å². The molecule has 1 aliphatic heterocycles. The van der Waals surface area contributed by atoms with Crippen LogP contribution < -0.4 is 10.6 Å². The van der Waals surface area contributed by atoms with E-state index in [-0.39, 0.29) is 6.04 Å². The summed E-state index contributed by atoms with van der Waals surface area (Å²) in [6.45, 7) is 3.94. The van der Waals surface area contributed by atoms with Gasteiger partial charge < -0.3 is 10.6 Å². The van der Waals surface area contributed by atoms with Crippen molar-refractivity contribution in [2.75, 3.05) is 11.4 Å². The van der Waals surface area contributed by atoms with Crippen molar-refractivity contribution in [3.63, 3.8) is 0 Å². The summed E-state index contributed by atoms with van der Waals surface area (Å²) in [6, 6.07) is 12.7. The van der Waals surface area contributed by atoms with Crippen molar-refractivity contribution in [2.45, 2.75) is 25.9 Å². The zero-order valence-corrected chi connectivity index (χ0v) is 11.2. The van der Waals surface area contributed by atoms with Gasteiger partial charge in [0.1, 0.15) is 5.82 Å². The van der Waals surface area contributed by atoms with Crippen molar-refractivity contribution in [3.05, 3.63) is 59.3 Å². The van der Waals surface area contributed by atoms with Gasteiger partial charge in [-0.05, 0) is 30.5 Å². The van der Waals surface area contributed by atoms with Gasteiger partial charge >= 0.3 is 0 Å². The number of anilines is 1. The zero-order valence-electron chi connectivity index (χ0n) is 11.2. The van der Waals surface area contributed by atoms with Crippen LogP contribution >= 0.6 is 0 Å². The van der Waals surface area contributed by atoms with Gasteiger partial charge in [-0.25, -0.2) is 4.98 Å². The maximum Gasteiger partial charge on any atom is 0.133 e. The Kier molecular flexibility index (Phi) is 3.22. The summed E-state index contributed by atoms with van der Waals surface area (Å²) in [5.74, 6) is 1.03. The molecule has 1 aromatic heterocycles. The second-order valence-corrected chi connectivity index (χ2v) is 5.15. The van der Waals surface area contributed by atoms with Gasteiger partial charge in [0.2, 0.25) is 0 Å². The van der Waals surface area contributed by atoms with Crippen LogP contribution in [-0.4, -0.2) is 11.5 Å². The Labute approximate surface area is 114 Å². The maximum atomic E-state index is 6.05. The quantitative estimate of drug-likeness (QED) is 0.894. The highest BCUT2D eigenvalue weighted by Gasteiger charge is 2.20. The molecule has 0 unspecified atom stereocenters. The Bertz CT molecular complexity index is 578. The van der Waals surface area contributed by atoms with Gasteiger partial charge in [-0.15, -0.1) is 0 Å². The number of fused-ring (bicyclic) bond motifs is 1. The summed E-state index contributed by atoms with van der Waals surface area (Å²) in [7, 11) is 0. The van der Waals surface area contributed by atoms with Crippen molar-refractivity contribution in [2.24, 2.45) is 5.73 Å². The van der Waals surface area contributed by atoms with Crippen molar-refractivity contribution in [1.82, 2.24) is 4.98 Å². The smallest absolute Gasteiger partial charge is 0.133 e. The predicted molar refractivity (Wildman–Crippen MR) is 78.0 cm³/mol. The minimum absolute atomic E-state index is 0.0147. The Morgan fingerprint density at radius 1 is 1.16 bits per heavy atom. The van der Waals surface area contributed by atoms with E-state index in [4.69, 9.17) is 5.73 Å². The number of hydrogen-bond acceptors (Lipinski definition) is 3. The molecular formula is C16H19N3. The van der Waals surface area contributed by atoms with Gasteiger partial charge in [-0.2, -0.15) is 0 Å². The number of nitrogens with two attached hydrogens (primary N) is 1. The lowest BCUT2D eigenvalue weighted by molar-refractivity contribution is 0.703. The van der Waals surface area contributed by atoms with Gasteiger partial charge in [0, 0.05) is 30.9 Å². The monoisotopic (exact) mass is 253 g/mol. The van der Waals surface area contributed by atoms with Crippen LogP contribution in [0, 0.1) is 0 Å². The summed E-state index contributed by atoms with van der Waals surface area (Å²) < 4.78 is 0. The molecule has 0 aliphatic carbocycles. The first-order chi connectivity index (χ1) is 9.25. The van der Waals surface area contributed by atoms with Gasteiger partial charge in [-0.1, -0.05) is 30.3 Å². The highest BCUT2D eigenvalue weighted by atomic mass is 15.2. The second kappa shape index (κ2) is 5.02. The van der Waals surface area contributed by atoms with Crippen LogP contribution in [0.5, 0.6) is 0 Å². The second-order valence-electron chi connectivity index (χ2n) is 5.15. The van der Waals surface area contributed by atoms with E-state index in [9.17, 15) is 0 Å². The third-order valence-electron chi connectivity index (χ3n) is 3.74. The van der Waals surface area contributed by atoms with Crippen LogP contribution in [0.4, 0.5) is 5.82 Å². The molecule has 0 bridgehead atoms. The van der Waals surface area contributed by atoms with Crippen LogP contribution in [-0.2, 0) is 13.0 Å². The average Bonchev–Trinajstić information content (AvgIpc) is 2.46. The molecule has 1 aromatic carbocycles. The van der Waals surface area contributed by atoms with Crippen molar-refractivity contribution >= 4 is 5.82 Å². The minimum atomic E-state index is 0.0147. The summed E-state index contributed by atoms with van der Waals surface area (Å²) in [6.07, 6.45) is 2.92. The SMILES string of the molecule is C[C@H](N)c1cccnc1N1CCc2ccccc2C1. The fourth-order valence-corrected chi connectivity index (χ4v) is 2.71. The first-order valence-corrected chi connectivity index (χ1v) is 6.78. The van der Waals surface area contributed by atoms with Crippen LogP contribution in [0.1, 0.15) is 29.7 Å². The molecule has 3 rings (SSSR count). The molecule has 2 heterocycles. The van der Waals surface area contributed by atoms with Crippen molar-refractivity contribution in [1.29, 1.82) is 0 Å². The van der Waals surface area contributed by atoms with E-state index >= 15 is 0 Å². The van der Waals surface area contributed by atoms with Gasteiger partial charge in [0.15, 0.2) is 0 Å². The van der Waals surface area contributed by atoms with Crippen molar-refractivity contribution < 1.29 is 0 Å². The van der Waals surface area contributed by atoms with Gasteiger partial charge in [-0.3, -0.25) is 0 Å². The Hall–Kier alpha value is -1.87. The average molecular weight is 253 g/mol. The summed E-state index contributed by atoms with van der Waals surface area (Å²) in [5.41, 5.74) is 10.0. The van der Waals surface area contributed by atoms with Crippen molar-refractivity contribution in [3.8, 4) is 0 Å². The first kappa shape index (κ1) is 12.2. The van der Waals surface area contributed by atoms with E-state index in [1.807, 2.05) is 19.2 Å². The Balaban J connectivity index is 1.93. The van der Waals surface area contributed by atoms with E-state index in [2.05, 4.69) is 40.2 Å². The molecule has 0 saturated carbocycles. The predicted octanol–water partition coefficient (Wildman–Crippen LogP) is 2.66. The van der Waals surface area contributed by atoms with E-state index in [1.54, 1.807) is 0 Å². The number of benzene rings is 1. The number of rotatable bonds is 2. The van der Waals surface area contributed by atoms with E-state index in [0.29, 0.717) is 0 Å². The Morgan fingerprint density at radius 2 is 1.95 bits per heavy atom. The minimum Gasteiger partial charge on any atom is -0.352 e. The molecule has 2 N–H and O–H groups in total. The third-order valence-corrected chi connectivity index (χ3v) is 3.74. The molecule has 3 heteroatoms. The Morgan fingerprint density at radius 3 is 2.74 bits per heavy atom. The lowest BCUT2D eigenvalue weighted by atomic mass is 9.99. The number of nitrogens with zero attached hydrogens (tertiary/aromatic N) is 2. The standard InChI is InChI=1S/C16H19N3/c1-12(17)15-7-4-9-18-16(15)19-10-8-13-5-2-3-6-14(13)11-19/h2-7,9,12H,8,10-11,17H2,1H3/t12-/m0/s1. The van der Waals surface area contributed by atoms with E-state index in [1.165, 1.54) is 11.1 Å². The molecule has 0 saturated heterocycles. The normalized spacial score (nSPS) is 16.0. The third kappa shape index (κ3) is 2.34. The van der Waals surface area contributed by atoms with Crippen LogP contribution in [0.15, 0.2) is 42.6 Å². The number of hydrogen-bond donors (Lipinski definition) is 1. The molecular weight excluding hydrogens is 234 g/mol. The van der Waals surface area contributed by atoms with Crippen LogP contribution in [0.3, 0.4) is 0 Å². The highest BCUT2D eigenvalue weighted by molar-refractivity contribution is 5.50. The maximum absolute atomic E-state index is 6.05. The van der Waals surface area contributed by atoms with E-state index in [0.717, 1.165) is 30.9 Å². The summed E-state index contributed by atoms with van der Waals surface area (Å²) >= 11 is 0. The molecule has 2 aromatic rings. The summed E-state index contributed by atoms with van der Waals surface area (Å²) in [5, 5.41) is 0. The highest BCUT2D eigenvalue weighted by Crippen LogP contribution is 2.27. The number of aromatic nitrogens is 1. The molecule has 0 radical (unpaired) electrons. The number of pyridine rings is 1. The molecule has 98 valence electrons. The molecule has 3 nitrogen and oxygen atoms in total. The topological polar surface area (TPSA) is 42.1 Å².